The molecule has 0 N–H and O–H groups in total. The molecule has 1 heterocycles. The monoisotopic (exact) mass is 297 g/mol. The predicted molar refractivity (Wildman–Crippen MR) is 71.8 cm³/mol. The molecule has 0 radical (unpaired) electrons. The zero-order valence-corrected chi connectivity index (χ0v) is 11.6. The standard InChI is InChI=1S/C14H13ClFNO3/c1-8(16)13(18)17-7-10-5-11(15)4-3-9(10)6-12(17)14(19)20-2/h3-5,12H,1,6-7H2,2H3/t12-/m1/s1. The van der Waals surface area contributed by atoms with Crippen LogP contribution in [-0.4, -0.2) is 29.9 Å². The Hall–Kier alpha value is -1.88. The van der Waals surface area contributed by atoms with Gasteiger partial charge in [-0.1, -0.05) is 24.2 Å². The van der Waals surface area contributed by atoms with E-state index < -0.39 is 23.7 Å². The number of hydrogen-bond donors (Lipinski definition) is 0. The van der Waals surface area contributed by atoms with Gasteiger partial charge in [0.05, 0.1) is 7.11 Å². The Labute approximate surface area is 120 Å². The maximum Gasteiger partial charge on any atom is 0.328 e. The summed E-state index contributed by atoms with van der Waals surface area (Å²) in [6, 6.07) is 4.35. The van der Waals surface area contributed by atoms with E-state index in [0.717, 1.165) is 16.0 Å². The highest BCUT2D eigenvalue weighted by Gasteiger charge is 2.36. The SMILES string of the molecule is C=C(F)C(=O)N1Cc2cc(Cl)ccc2C[C@@H]1C(=O)OC. The Morgan fingerprint density at radius 1 is 1.45 bits per heavy atom. The first-order valence-corrected chi connectivity index (χ1v) is 6.32. The number of ether oxygens (including phenoxy) is 1. The highest BCUT2D eigenvalue weighted by molar-refractivity contribution is 6.30. The average Bonchev–Trinajstić information content (AvgIpc) is 2.44. The number of methoxy groups -OCH3 is 1. The van der Waals surface area contributed by atoms with Gasteiger partial charge in [0, 0.05) is 18.0 Å². The first kappa shape index (κ1) is 14.5. The number of fused-ring (bicyclic) bond motifs is 1. The van der Waals surface area contributed by atoms with Gasteiger partial charge in [0.2, 0.25) is 0 Å². The fourth-order valence-corrected chi connectivity index (χ4v) is 2.46. The first-order chi connectivity index (χ1) is 9.43. The molecule has 4 nitrogen and oxygen atoms in total. The number of halogens is 2. The quantitative estimate of drug-likeness (QED) is 0.621. The molecule has 0 saturated heterocycles. The Morgan fingerprint density at radius 2 is 2.15 bits per heavy atom. The fraction of sp³-hybridized carbons (Fsp3) is 0.286. The maximum absolute atomic E-state index is 13.1. The molecule has 1 aromatic carbocycles. The van der Waals surface area contributed by atoms with Crippen molar-refractivity contribution >= 4 is 23.5 Å². The number of hydrogen-bond acceptors (Lipinski definition) is 3. The minimum atomic E-state index is -1.11. The zero-order chi connectivity index (χ0) is 14.9. The van der Waals surface area contributed by atoms with E-state index >= 15 is 0 Å². The van der Waals surface area contributed by atoms with Crippen LogP contribution >= 0.6 is 11.6 Å². The van der Waals surface area contributed by atoms with E-state index in [9.17, 15) is 14.0 Å². The van der Waals surface area contributed by atoms with E-state index in [1.54, 1.807) is 18.2 Å². The molecule has 0 aliphatic carbocycles. The second-order valence-corrected chi connectivity index (χ2v) is 4.93. The van der Waals surface area contributed by atoms with Crippen LogP contribution in [0.3, 0.4) is 0 Å². The number of carbonyl (C=O) groups is 2. The molecule has 1 aromatic rings. The third-order valence-electron chi connectivity index (χ3n) is 3.26. The van der Waals surface area contributed by atoms with Crippen LogP contribution in [0.2, 0.25) is 5.02 Å². The first-order valence-electron chi connectivity index (χ1n) is 5.94. The molecule has 1 aliphatic heterocycles. The van der Waals surface area contributed by atoms with Crippen molar-refractivity contribution in [3.05, 3.63) is 46.8 Å². The van der Waals surface area contributed by atoms with Crippen molar-refractivity contribution in [2.75, 3.05) is 7.11 Å². The minimum absolute atomic E-state index is 0.0947. The molecule has 2 rings (SSSR count). The summed E-state index contributed by atoms with van der Waals surface area (Å²) < 4.78 is 17.8. The molecule has 0 spiro atoms. The van der Waals surface area contributed by atoms with Gasteiger partial charge in [0.25, 0.3) is 5.91 Å². The van der Waals surface area contributed by atoms with Crippen LogP contribution in [0, 0.1) is 0 Å². The van der Waals surface area contributed by atoms with Crippen molar-refractivity contribution in [1.82, 2.24) is 4.90 Å². The van der Waals surface area contributed by atoms with Crippen molar-refractivity contribution in [3.63, 3.8) is 0 Å². The molecule has 0 bridgehead atoms. The average molecular weight is 298 g/mol. The lowest BCUT2D eigenvalue weighted by Crippen LogP contribution is -2.49. The second-order valence-electron chi connectivity index (χ2n) is 4.49. The normalized spacial score (nSPS) is 17.4. The van der Waals surface area contributed by atoms with Crippen molar-refractivity contribution in [1.29, 1.82) is 0 Å². The summed E-state index contributed by atoms with van der Waals surface area (Å²) in [5.74, 6) is -2.60. The van der Waals surface area contributed by atoms with Gasteiger partial charge < -0.3 is 9.64 Å². The number of amides is 1. The molecule has 1 aliphatic rings. The predicted octanol–water partition coefficient (Wildman–Crippen LogP) is 2.25. The number of nitrogens with zero attached hydrogens (tertiary/aromatic N) is 1. The minimum Gasteiger partial charge on any atom is -0.467 e. The summed E-state index contributed by atoms with van der Waals surface area (Å²) in [6.45, 7) is 3.08. The Kier molecular flexibility index (Phi) is 4.09. The molecular formula is C14H13ClFNO3. The van der Waals surface area contributed by atoms with Crippen molar-refractivity contribution in [3.8, 4) is 0 Å². The van der Waals surface area contributed by atoms with Gasteiger partial charge in [0.1, 0.15) is 6.04 Å². The lowest BCUT2D eigenvalue weighted by atomic mass is 9.94. The van der Waals surface area contributed by atoms with Crippen molar-refractivity contribution in [2.45, 2.75) is 19.0 Å². The summed E-state index contributed by atoms with van der Waals surface area (Å²) >= 11 is 5.91. The summed E-state index contributed by atoms with van der Waals surface area (Å²) in [4.78, 5) is 24.7. The molecular weight excluding hydrogens is 285 g/mol. The van der Waals surface area contributed by atoms with Gasteiger partial charge in [-0.25, -0.2) is 9.18 Å². The third-order valence-corrected chi connectivity index (χ3v) is 3.50. The zero-order valence-electron chi connectivity index (χ0n) is 10.9. The lowest BCUT2D eigenvalue weighted by molar-refractivity contribution is -0.153. The lowest BCUT2D eigenvalue weighted by Gasteiger charge is -2.34. The molecule has 0 fully saturated rings. The molecule has 0 unspecified atom stereocenters. The van der Waals surface area contributed by atoms with Gasteiger partial charge in [-0.3, -0.25) is 4.79 Å². The molecule has 0 saturated carbocycles. The number of esters is 1. The number of benzene rings is 1. The summed E-state index contributed by atoms with van der Waals surface area (Å²) in [5.41, 5.74) is 1.67. The number of rotatable bonds is 2. The molecule has 1 amide bonds. The smallest absolute Gasteiger partial charge is 0.328 e. The van der Waals surface area contributed by atoms with Gasteiger partial charge in [-0.2, -0.15) is 0 Å². The van der Waals surface area contributed by atoms with Gasteiger partial charge in [-0.15, -0.1) is 0 Å². The van der Waals surface area contributed by atoms with Crippen LogP contribution in [0.1, 0.15) is 11.1 Å². The molecule has 106 valence electrons. The maximum atomic E-state index is 13.1. The van der Waals surface area contributed by atoms with E-state index in [1.807, 2.05) is 0 Å². The molecule has 0 aromatic heterocycles. The molecule has 6 heteroatoms. The second kappa shape index (κ2) is 5.63. The van der Waals surface area contributed by atoms with E-state index in [2.05, 4.69) is 11.3 Å². The Bertz CT molecular complexity index is 588. The van der Waals surface area contributed by atoms with Crippen LogP contribution in [0.25, 0.3) is 0 Å². The highest BCUT2D eigenvalue weighted by atomic mass is 35.5. The summed E-state index contributed by atoms with van der Waals surface area (Å²) in [6.07, 6.45) is 0.262. The molecule has 20 heavy (non-hydrogen) atoms. The van der Waals surface area contributed by atoms with E-state index in [-0.39, 0.29) is 13.0 Å². The van der Waals surface area contributed by atoms with E-state index in [1.165, 1.54) is 7.11 Å². The van der Waals surface area contributed by atoms with Crippen LogP contribution in [-0.2, 0) is 27.3 Å². The topological polar surface area (TPSA) is 46.6 Å². The van der Waals surface area contributed by atoms with Crippen LogP contribution < -0.4 is 0 Å². The summed E-state index contributed by atoms with van der Waals surface area (Å²) in [7, 11) is 1.23. The van der Waals surface area contributed by atoms with E-state index in [4.69, 9.17) is 11.6 Å². The highest BCUT2D eigenvalue weighted by Crippen LogP contribution is 2.27. The van der Waals surface area contributed by atoms with Crippen molar-refractivity contribution < 1.29 is 18.7 Å². The summed E-state index contributed by atoms with van der Waals surface area (Å²) in [5, 5.41) is 0.520. The third kappa shape index (κ3) is 2.67. The van der Waals surface area contributed by atoms with Gasteiger partial charge >= 0.3 is 5.97 Å². The van der Waals surface area contributed by atoms with Gasteiger partial charge in [0.15, 0.2) is 5.83 Å². The van der Waals surface area contributed by atoms with Crippen LogP contribution in [0.4, 0.5) is 4.39 Å². The Balaban J connectivity index is 2.40. The largest absolute Gasteiger partial charge is 0.467 e. The van der Waals surface area contributed by atoms with Crippen molar-refractivity contribution in [2.24, 2.45) is 0 Å². The number of carbonyl (C=O) groups excluding carboxylic acids is 2. The van der Waals surface area contributed by atoms with Crippen LogP contribution in [0.5, 0.6) is 0 Å². The van der Waals surface area contributed by atoms with Gasteiger partial charge in [-0.05, 0) is 23.3 Å². The molecule has 1 atom stereocenters. The van der Waals surface area contributed by atoms with Crippen LogP contribution in [0.15, 0.2) is 30.6 Å². The van der Waals surface area contributed by atoms with E-state index in [0.29, 0.717) is 5.02 Å². The Morgan fingerprint density at radius 3 is 2.75 bits per heavy atom. The fourth-order valence-electron chi connectivity index (χ4n) is 2.27.